The molecule has 2 aliphatic heterocycles. The minimum absolute atomic E-state index is 0.0241. The van der Waals surface area contributed by atoms with Gasteiger partial charge in [-0.1, -0.05) is 24.3 Å². The molecule has 0 spiro atoms. The van der Waals surface area contributed by atoms with Crippen LogP contribution in [-0.2, 0) is 29.6 Å². The largest absolute Gasteiger partial charge is 0.383 e. The van der Waals surface area contributed by atoms with Crippen LogP contribution >= 0.6 is 21.2 Å². The highest BCUT2D eigenvalue weighted by molar-refractivity contribution is 14.2. The first-order valence-corrected chi connectivity index (χ1v) is 16.7. The highest BCUT2D eigenvalue weighted by atomic mass is 127. The molecule has 0 saturated carbocycles. The number of halogens is 1. The number of amides is 2. The molecule has 206 valence electrons. The second-order valence-electron chi connectivity index (χ2n) is 9.81. The molecule has 3 heterocycles. The smallest absolute Gasteiger partial charge is 0.249 e. The van der Waals surface area contributed by atoms with Crippen LogP contribution in [0.3, 0.4) is 0 Å². The van der Waals surface area contributed by atoms with Gasteiger partial charge in [0.05, 0.1) is 26.1 Å². The van der Waals surface area contributed by atoms with Crippen LogP contribution in [0.1, 0.15) is 35.6 Å². The maximum absolute atomic E-state index is 14.0. The van der Waals surface area contributed by atoms with E-state index in [0.29, 0.717) is 36.3 Å². The second-order valence-corrected chi connectivity index (χ2v) is 14.6. The second kappa shape index (κ2) is 11.4. The summed E-state index contributed by atoms with van der Waals surface area (Å²) in [6.45, 7) is 0.0241. The number of aryl methyl sites for hydroxylation is 1. The Labute approximate surface area is 244 Å². The normalized spacial score (nSPS) is 16.6. The Morgan fingerprint density at radius 1 is 1.02 bits per heavy atom. The molecule has 0 unspecified atom stereocenters. The van der Waals surface area contributed by atoms with E-state index in [1.807, 2.05) is 48.5 Å². The molecule has 11 heteroatoms. The van der Waals surface area contributed by atoms with E-state index in [2.05, 4.69) is 15.6 Å². The van der Waals surface area contributed by atoms with Crippen molar-refractivity contribution in [2.24, 2.45) is 0 Å². The molecule has 0 fully saturated rings. The van der Waals surface area contributed by atoms with Gasteiger partial charge in [0.1, 0.15) is 11.9 Å². The maximum atomic E-state index is 14.0. The number of nitrogens with one attached hydrogen (secondary N) is 2. The molecule has 2 aliphatic rings. The molecule has 0 aliphatic carbocycles. The van der Waals surface area contributed by atoms with Crippen molar-refractivity contribution in [1.29, 1.82) is 0 Å². The van der Waals surface area contributed by atoms with Crippen molar-refractivity contribution in [2.45, 2.75) is 36.7 Å². The Balaban J connectivity index is 1.55. The van der Waals surface area contributed by atoms with E-state index in [1.54, 1.807) is 25.4 Å². The number of likely N-dealkylation sites (N-methyl/N-ethyl adjacent to an activating group) is 1. The molecule has 4 N–H and O–H groups in total. The number of nitrogens with zero attached hydrogens (tertiary/aromatic N) is 2. The number of aromatic nitrogens is 1. The highest BCUT2D eigenvalue weighted by Crippen LogP contribution is 2.30. The van der Waals surface area contributed by atoms with E-state index in [1.165, 1.54) is 32.2 Å². The summed E-state index contributed by atoms with van der Waals surface area (Å²) in [6, 6.07) is 19.2. The van der Waals surface area contributed by atoms with Gasteiger partial charge < -0.3 is 21.3 Å². The molecule has 9 nitrogen and oxygen atoms in total. The molecule has 1 aromatic heterocycles. The molecule has 0 radical (unpaired) electrons. The Morgan fingerprint density at radius 3 is 2.55 bits per heavy atom. The van der Waals surface area contributed by atoms with Crippen LogP contribution < -0.4 is 16.4 Å². The first kappa shape index (κ1) is 27.8. The molecule has 6 rings (SSSR count). The van der Waals surface area contributed by atoms with E-state index in [-0.39, 0.29) is 23.3 Å². The minimum atomic E-state index is -3.61. The number of carbonyl (C=O) groups excluding carboxylic acids is 2. The molecule has 40 heavy (non-hydrogen) atoms. The monoisotopic (exact) mass is 669 g/mol. The number of anilines is 3. The summed E-state index contributed by atoms with van der Waals surface area (Å²) in [5.74, 6) is 0.0291. The summed E-state index contributed by atoms with van der Waals surface area (Å²) >= 11 is 1.39. The SMILES string of the molecule is CN1Cc2cc(ccc2S(=O)(=O)I)NC(=O)CCCc2ccc(cc2)[C@@H](Nc2ccc3c(N)nccc3c2)C1=O. The van der Waals surface area contributed by atoms with Crippen LogP contribution in [0.25, 0.3) is 10.8 Å². The number of pyridine rings is 1. The minimum Gasteiger partial charge on any atom is -0.383 e. The fourth-order valence-electron chi connectivity index (χ4n) is 4.87. The lowest BCUT2D eigenvalue weighted by molar-refractivity contribution is -0.131. The maximum Gasteiger partial charge on any atom is 0.249 e. The zero-order valence-corrected chi connectivity index (χ0v) is 24.7. The third-order valence-corrected chi connectivity index (χ3v) is 9.27. The molecule has 3 aromatic carbocycles. The van der Waals surface area contributed by atoms with Crippen molar-refractivity contribution in [3.8, 4) is 0 Å². The summed E-state index contributed by atoms with van der Waals surface area (Å²) in [5.41, 5.74) is 9.47. The van der Waals surface area contributed by atoms with Crippen LogP contribution in [0, 0.1) is 0 Å². The van der Waals surface area contributed by atoms with Gasteiger partial charge >= 0.3 is 0 Å². The number of benzene rings is 3. The fraction of sp³-hybridized carbons (Fsp3) is 0.207. The average molecular weight is 670 g/mol. The Morgan fingerprint density at radius 2 is 1.80 bits per heavy atom. The molecule has 4 bridgehead atoms. The van der Waals surface area contributed by atoms with Crippen LogP contribution in [0.5, 0.6) is 0 Å². The number of rotatable bonds is 3. The summed E-state index contributed by atoms with van der Waals surface area (Å²) in [7, 11) is -1.97. The van der Waals surface area contributed by atoms with E-state index in [4.69, 9.17) is 5.73 Å². The molecule has 2 amide bonds. The third kappa shape index (κ3) is 6.20. The Kier molecular flexibility index (Phi) is 7.95. The predicted molar refractivity (Wildman–Crippen MR) is 165 cm³/mol. The number of hydrogen-bond acceptors (Lipinski definition) is 7. The molecule has 1 atom stereocenters. The standard InChI is InChI=1S/C29H28IN5O4S/c1-35-17-21-16-22(10-12-25(21)40(30,38)39)33-26(36)4-2-3-18-5-7-19(8-6-18)27(29(35)37)34-23-9-11-24-20(15-23)13-14-32-28(24)31/h5-16,27,34H,2-4,17H2,1H3,(H2,31,32)(H,33,36)/t27-/m1/s1. The number of carbonyl (C=O) groups is 2. The van der Waals surface area contributed by atoms with E-state index < -0.39 is 13.1 Å². The van der Waals surface area contributed by atoms with Crippen molar-refractivity contribution in [3.63, 3.8) is 0 Å². The summed E-state index contributed by atoms with van der Waals surface area (Å²) in [6.07, 6.45) is 3.32. The summed E-state index contributed by atoms with van der Waals surface area (Å²) < 4.78 is 25.1. The predicted octanol–water partition coefficient (Wildman–Crippen LogP) is 5.03. The topological polar surface area (TPSA) is 134 Å². The fourth-order valence-corrected chi connectivity index (χ4v) is 6.83. The van der Waals surface area contributed by atoms with Gasteiger partial charge in [-0.2, -0.15) is 0 Å². The van der Waals surface area contributed by atoms with Crippen molar-refractivity contribution in [1.82, 2.24) is 9.88 Å². The van der Waals surface area contributed by atoms with Gasteiger partial charge in [-0.25, -0.2) is 13.4 Å². The average Bonchev–Trinajstić information content (AvgIpc) is 2.91. The number of hydrogen-bond donors (Lipinski definition) is 3. The van der Waals surface area contributed by atoms with Crippen LogP contribution in [0.4, 0.5) is 17.2 Å². The van der Waals surface area contributed by atoms with Crippen LogP contribution in [-0.4, -0.2) is 37.2 Å². The van der Waals surface area contributed by atoms with Crippen LogP contribution in [0.15, 0.2) is 77.8 Å². The van der Waals surface area contributed by atoms with Gasteiger partial charge in [0, 0.05) is 43.0 Å². The highest BCUT2D eigenvalue weighted by Gasteiger charge is 2.26. The van der Waals surface area contributed by atoms with Crippen molar-refractivity contribution < 1.29 is 18.0 Å². The molecule has 0 saturated heterocycles. The van der Waals surface area contributed by atoms with E-state index in [9.17, 15) is 18.0 Å². The van der Waals surface area contributed by atoms with Gasteiger partial charge in [0.25, 0.3) is 0 Å². The van der Waals surface area contributed by atoms with E-state index in [0.717, 1.165) is 27.6 Å². The van der Waals surface area contributed by atoms with Gasteiger partial charge in [-0.05, 0) is 77.4 Å². The van der Waals surface area contributed by atoms with Crippen molar-refractivity contribution >= 4 is 68.0 Å². The molecule has 4 aromatic rings. The molecular formula is C29H28IN5O4S. The first-order chi connectivity index (χ1) is 19.1. The van der Waals surface area contributed by atoms with Crippen LogP contribution in [0.2, 0.25) is 0 Å². The van der Waals surface area contributed by atoms with Crippen molar-refractivity contribution in [3.05, 3.63) is 89.6 Å². The zero-order chi connectivity index (χ0) is 28.4. The Bertz CT molecular complexity index is 1710. The number of fused-ring (bicyclic) bond motifs is 10. The quantitative estimate of drug-likeness (QED) is 0.206. The number of nitrogen functional groups attached to an aromatic ring is 1. The third-order valence-electron chi connectivity index (χ3n) is 6.93. The number of nitrogens with two attached hydrogens (primary N) is 1. The zero-order valence-electron chi connectivity index (χ0n) is 21.7. The summed E-state index contributed by atoms with van der Waals surface area (Å²) in [4.78, 5) is 32.2. The summed E-state index contributed by atoms with van der Waals surface area (Å²) in [5, 5.41) is 7.94. The lowest BCUT2D eigenvalue weighted by Crippen LogP contribution is -2.35. The van der Waals surface area contributed by atoms with Gasteiger partial charge in [0.2, 0.25) is 18.8 Å². The van der Waals surface area contributed by atoms with Gasteiger partial charge in [-0.3, -0.25) is 9.59 Å². The van der Waals surface area contributed by atoms with Crippen molar-refractivity contribution in [2.75, 3.05) is 23.4 Å². The first-order valence-electron chi connectivity index (χ1n) is 12.7. The lowest BCUT2D eigenvalue weighted by atomic mass is 10.00. The van der Waals surface area contributed by atoms with Gasteiger partial charge in [0.15, 0.2) is 0 Å². The van der Waals surface area contributed by atoms with E-state index >= 15 is 0 Å². The lowest BCUT2D eigenvalue weighted by Gasteiger charge is -2.27. The van der Waals surface area contributed by atoms with Gasteiger partial charge in [-0.15, -0.1) is 0 Å². The molecular weight excluding hydrogens is 641 g/mol. The Hall–Kier alpha value is -3.71.